The van der Waals surface area contributed by atoms with E-state index in [1.165, 1.54) is 24.8 Å². The van der Waals surface area contributed by atoms with Crippen LogP contribution in [0.3, 0.4) is 0 Å². The smallest absolute Gasteiger partial charge is 0.145 e. The highest BCUT2D eigenvalue weighted by atomic mass is 16.1. The Kier molecular flexibility index (Phi) is 3.90. The lowest BCUT2D eigenvalue weighted by Crippen LogP contribution is -2.24. The number of rotatable bonds is 2. The van der Waals surface area contributed by atoms with Gasteiger partial charge in [-0.2, -0.15) is 0 Å². The van der Waals surface area contributed by atoms with E-state index in [9.17, 15) is 4.79 Å². The maximum Gasteiger partial charge on any atom is 0.145 e. The van der Waals surface area contributed by atoms with E-state index >= 15 is 0 Å². The molecule has 15 heavy (non-hydrogen) atoms. The van der Waals surface area contributed by atoms with Crippen molar-refractivity contribution >= 4 is 6.29 Å². The summed E-state index contributed by atoms with van der Waals surface area (Å²) in [7, 11) is 0. The van der Waals surface area contributed by atoms with E-state index in [0.29, 0.717) is 11.3 Å². The van der Waals surface area contributed by atoms with E-state index < -0.39 is 0 Å². The van der Waals surface area contributed by atoms with Gasteiger partial charge in [-0.15, -0.1) is 0 Å². The molecule has 84 valence electrons. The predicted octanol–water partition coefficient (Wildman–Crippen LogP) is 3.90. The normalized spacial score (nSPS) is 29.2. The maximum atomic E-state index is 10.5. The van der Waals surface area contributed by atoms with Gasteiger partial charge in [0.25, 0.3) is 0 Å². The third kappa shape index (κ3) is 3.05. The van der Waals surface area contributed by atoms with Crippen LogP contribution in [0.5, 0.6) is 0 Å². The van der Waals surface area contributed by atoms with Crippen LogP contribution >= 0.6 is 0 Å². The molecule has 0 aromatic carbocycles. The van der Waals surface area contributed by atoms with Crippen LogP contribution in [0.4, 0.5) is 0 Å². The Labute approximate surface area is 93.3 Å². The molecule has 0 aromatic heterocycles. The van der Waals surface area contributed by atoms with Gasteiger partial charge in [0.1, 0.15) is 6.29 Å². The first-order valence-corrected chi connectivity index (χ1v) is 5.81. The topological polar surface area (TPSA) is 17.1 Å². The standard InChI is InChI=1S/C14H22O/c1-11(10-15)7-8-13-12(2)6-5-9-14(13,3)4/h7-8,10,12H,5-6,9H2,1-4H3/b11-7-,13-8-. The van der Waals surface area contributed by atoms with Gasteiger partial charge >= 0.3 is 0 Å². The second-order valence-corrected chi connectivity index (χ2v) is 5.33. The van der Waals surface area contributed by atoms with Crippen molar-refractivity contribution in [3.05, 3.63) is 23.3 Å². The molecule has 1 nitrogen and oxygen atoms in total. The fraction of sp³-hybridized carbons (Fsp3) is 0.643. The van der Waals surface area contributed by atoms with Crippen molar-refractivity contribution in [3.8, 4) is 0 Å². The van der Waals surface area contributed by atoms with Gasteiger partial charge in [0.05, 0.1) is 0 Å². The summed E-state index contributed by atoms with van der Waals surface area (Å²) < 4.78 is 0. The van der Waals surface area contributed by atoms with Crippen LogP contribution in [0.15, 0.2) is 23.3 Å². The number of aldehydes is 1. The number of carbonyl (C=O) groups is 1. The van der Waals surface area contributed by atoms with Crippen molar-refractivity contribution in [1.82, 2.24) is 0 Å². The highest BCUT2D eigenvalue weighted by Crippen LogP contribution is 2.43. The zero-order valence-electron chi connectivity index (χ0n) is 10.3. The van der Waals surface area contributed by atoms with Crippen molar-refractivity contribution in [1.29, 1.82) is 0 Å². The van der Waals surface area contributed by atoms with E-state index in [0.717, 1.165) is 11.9 Å². The summed E-state index contributed by atoms with van der Waals surface area (Å²) in [5.74, 6) is 0.657. The number of hydrogen-bond acceptors (Lipinski definition) is 1. The molecule has 1 saturated carbocycles. The maximum absolute atomic E-state index is 10.5. The summed E-state index contributed by atoms with van der Waals surface area (Å²) in [6.45, 7) is 8.75. The van der Waals surface area contributed by atoms with Gasteiger partial charge in [-0.3, -0.25) is 4.79 Å². The van der Waals surface area contributed by atoms with Crippen LogP contribution < -0.4 is 0 Å². The lowest BCUT2D eigenvalue weighted by Gasteiger charge is -2.37. The van der Waals surface area contributed by atoms with Gasteiger partial charge in [0.15, 0.2) is 0 Å². The van der Waals surface area contributed by atoms with Gasteiger partial charge in [0.2, 0.25) is 0 Å². The summed E-state index contributed by atoms with van der Waals surface area (Å²) in [5, 5.41) is 0. The van der Waals surface area contributed by atoms with E-state index in [4.69, 9.17) is 0 Å². The van der Waals surface area contributed by atoms with E-state index in [2.05, 4.69) is 26.8 Å². The lowest BCUT2D eigenvalue weighted by atomic mass is 9.68. The van der Waals surface area contributed by atoms with Gasteiger partial charge < -0.3 is 0 Å². The fourth-order valence-electron chi connectivity index (χ4n) is 2.47. The van der Waals surface area contributed by atoms with E-state index in [1.54, 1.807) is 0 Å². The molecule has 1 atom stereocenters. The number of carbonyl (C=O) groups excluding carboxylic acids is 1. The fourth-order valence-corrected chi connectivity index (χ4v) is 2.47. The van der Waals surface area contributed by atoms with Crippen molar-refractivity contribution in [2.75, 3.05) is 0 Å². The Morgan fingerprint density at radius 1 is 1.47 bits per heavy atom. The predicted molar refractivity (Wildman–Crippen MR) is 64.7 cm³/mol. The summed E-state index contributed by atoms with van der Waals surface area (Å²) >= 11 is 0. The van der Waals surface area contributed by atoms with Crippen LogP contribution in [0.25, 0.3) is 0 Å². The highest BCUT2D eigenvalue weighted by Gasteiger charge is 2.30. The Bertz CT molecular complexity index is 294. The molecule has 0 heterocycles. The average molecular weight is 206 g/mol. The van der Waals surface area contributed by atoms with E-state index in [-0.39, 0.29) is 0 Å². The monoisotopic (exact) mass is 206 g/mol. The van der Waals surface area contributed by atoms with Gasteiger partial charge in [-0.25, -0.2) is 0 Å². The molecular weight excluding hydrogens is 184 g/mol. The molecule has 0 bridgehead atoms. The molecule has 1 aliphatic rings. The minimum Gasteiger partial charge on any atom is -0.298 e. The van der Waals surface area contributed by atoms with Crippen LogP contribution in [0.1, 0.15) is 47.0 Å². The Balaban J connectivity index is 2.93. The lowest BCUT2D eigenvalue weighted by molar-refractivity contribution is -0.104. The van der Waals surface area contributed by atoms with Crippen molar-refractivity contribution in [3.63, 3.8) is 0 Å². The SMILES string of the molecule is C/C(C=O)=C/C=C1/C(C)CCCC1(C)C. The molecule has 1 unspecified atom stereocenters. The summed E-state index contributed by atoms with van der Waals surface area (Å²) in [6, 6.07) is 0. The molecule has 1 fully saturated rings. The van der Waals surface area contributed by atoms with Crippen molar-refractivity contribution < 1.29 is 4.79 Å². The minimum atomic E-state index is 0.303. The molecule has 0 radical (unpaired) electrons. The van der Waals surface area contributed by atoms with Gasteiger partial charge in [-0.1, -0.05) is 44.9 Å². The Hall–Kier alpha value is -0.850. The summed E-state index contributed by atoms with van der Waals surface area (Å²) in [4.78, 5) is 10.5. The zero-order valence-corrected chi connectivity index (χ0v) is 10.3. The zero-order chi connectivity index (χ0) is 11.5. The molecule has 1 aliphatic carbocycles. The number of hydrogen-bond donors (Lipinski definition) is 0. The van der Waals surface area contributed by atoms with Crippen molar-refractivity contribution in [2.45, 2.75) is 47.0 Å². The first kappa shape index (κ1) is 12.2. The van der Waals surface area contributed by atoms with Gasteiger partial charge in [-0.05, 0) is 36.7 Å². The highest BCUT2D eigenvalue weighted by molar-refractivity contribution is 5.72. The molecular formula is C14H22O. The average Bonchev–Trinajstić information content (AvgIpc) is 2.15. The van der Waals surface area contributed by atoms with Crippen LogP contribution in [-0.4, -0.2) is 6.29 Å². The third-order valence-corrected chi connectivity index (χ3v) is 3.46. The Morgan fingerprint density at radius 3 is 2.67 bits per heavy atom. The molecule has 0 aromatic rings. The molecule has 1 heteroatoms. The molecule has 0 saturated heterocycles. The molecule has 0 N–H and O–H groups in total. The summed E-state index contributed by atoms with van der Waals surface area (Å²) in [5.41, 5.74) is 2.60. The first-order valence-electron chi connectivity index (χ1n) is 5.81. The van der Waals surface area contributed by atoms with Crippen LogP contribution in [0.2, 0.25) is 0 Å². The Morgan fingerprint density at radius 2 is 2.13 bits per heavy atom. The molecule has 0 aliphatic heterocycles. The second kappa shape index (κ2) is 4.78. The number of allylic oxidation sites excluding steroid dienone is 4. The summed E-state index contributed by atoms with van der Waals surface area (Å²) in [6.07, 6.45) is 8.89. The van der Waals surface area contributed by atoms with E-state index in [1.807, 2.05) is 13.0 Å². The van der Waals surface area contributed by atoms with Crippen LogP contribution in [-0.2, 0) is 4.79 Å². The van der Waals surface area contributed by atoms with Gasteiger partial charge in [0, 0.05) is 0 Å². The minimum absolute atomic E-state index is 0.303. The third-order valence-electron chi connectivity index (χ3n) is 3.46. The largest absolute Gasteiger partial charge is 0.298 e. The molecule has 0 spiro atoms. The molecule has 0 amide bonds. The van der Waals surface area contributed by atoms with Crippen LogP contribution in [0, 0.1) is 11.3 Å². The quantitative estimate of drug-likeness (QED) is 0.494. The second-order valence-electron chi connectivity index (χ2n) is 5.33. The van der Waals surface area contributed by atoms with Crippen molar-refractivity contribution in [2.24, 2.45) is 11.3 Å². The molecule has 1 rings (SSSR count). The first-order chi connectivity index (χ1) is 6.97.